The Labute approximate surface area is 88.4 Å². The second-order valence-corrected chi connectivity index (χ2v) is 2.98. The molecule has 0 aromatic carbocycles. The summed E-state index contributed by atoms with van der Waals surface area (Å²) in [6, 6.07) is 3.41. The van der Waals surface area contributed by atoms with Crippen molar-refractivity contribution in [3.63, 3.8) is 0 Å². The topological polar surface area (TPSA) is 66.5 Å². The molecule has 84 valence electrons. The Morgan fingerprint density at radius 3 is 2.93 bits per heavy atom. The van der Waals surface area contributed by atoms with Crippen LogP contribution in [0.15, 0.2) is 23.1 Å². The van der Waals surface area contributed by atoms with Crippen molar-refractivity contribution in [2.45, 2.75) is 6.54 Å². The van der Waals surface area contributed by atoms with E-state index in [-0.39, 0.29) is 5.56 Å². The highest BCUT2D eigenvalue weighted by molar-refractivity contribution is 5.16. The lowest BCUT2D eigenvalue weighted by atomic mass is 10.4. The Kier molecular flexibility index (Phi) is 4.86. The monoisotopic (exact) mass is 212 g/mol. The minimum Gasteiger partial charge on any atom is -0.491 e. The Morgan fingerprint density at radius 2 is 2.27 bits per heavy atom. The fourth-order valence-electron chi connectivity index (χ4n) is 1.19. The molecule has 5 heteroatoms. The third kappa shape index (κ3) is 3.38. The molecule has 0 saturated heterocycles. The van der Waals surface area contributed by atoms with Gasteiger partial charge in [0.15, 0.2) is 5.75 Å². The largest absolute Gasteiger partial charge is 0.491 e. The van der Waals surface area contributed by atoms with Crippen LogP contribution in [0, 0.1) is 0 Å². The lowest BCUT2D eigenvalue weighted by Crippen LogP contribution is -2.23. The summed E-state index contributed by atoms with van der Waals surface area (Å²) < 4.78 is 11.7. The number of aromatic nitrogens is 1. The summed E-state index contributed by atoms with van der Waals surface area (Å²) in [5, 5.41) is 0. The van der Waals surface area contributed by atoms with Crippen molar-refractivity contribution in [1.29, 1.82) is 0 Å². The van der Waals surface area contributed by atoms with Gasteiger partial charge < -0.3 is 19.8 Å². The predicted molar refractivity (Wildman–Crippen MR) is 57.1 cm³/mol. The van der Waals surface area contributed by atoms with Crippen molar-refractivity contribution in [3.8, 4) is 5.75 Å². The van der Waals surface area contributed by atoms with Crippen LogP contribution in [0.3, 0.4) is 0 Å². The van der Waals surface area contributed by atoms with Gasteiger partial charge in [0.2, 0.25) is 0 Å². The van der Waals surface area contributed by atoms with Gasteiger partial charge in [-0.15, -0.1) is 0 Å². The van der Waals surface area contributed by atoms with Crippen LogP contribution in [0.4, 0.5) is 0 Å². The van der Waals surface area contributed by atoms with Gasteiger partial charge in [-0.25, -0.2) is 0 Å². The summed E-state index contributed by atoms with van der Waals surface area (Å²) in [6.07, 6.45) is 1.71. The molecule has 0 amide bonds. The maximum atomic E-state index is 11.6. The first-order valence-electron chi connectivity index (χ1n) is 4.81. The lowest BCUT2D eigenvalue weighted by Gasteiger charge is -2.07. The fourth-order valence-corrected chi connectivity index (χ4v) is 1.19. The minimum atomic E-state index is -0.142. The van der Waals surface area contributed by atoms with E-state index in [0.717, 1.165) is 0 Å². The van der Waals surface area contributed by atoms with Crippen LogP contribution < -0.4 is 16.0 Å². The van der Waals surface area contributed by atoms with Crippen LogP contribution in [0.25, 0.3) is 0 Å². The first-order chi connectivity index (χ1) is 7.29. The molecule has 15 heavy (non-hydrogen) atoms. The van der Waals surface area contributed by atoms with E-state index in [9.17, 15) is 4.79 Å². The van der Waals surface area contributed by atoms with Crippen molar-refractivity contribution in [2.24, 2.45) is 5.73 Å². The van der Waals surface area contributed by atoms with E-state index < -0.39 is 0 Å². The maximum absolute atomic E-state index is 11.6. The molecule has 5 nitrogen and oxygen atoms in total. The molecule has 0 saturated carbocycles. The van der Waals surface area contributed by atoms with Gasteiger partial charge in [-0.05, 0) is 12.1 Å². The van der Waals surface area contributed by atoms with Gasteiger partial charge in [0.1, 0.15) is 0 Å². The van der Waals surface area contributed by atoms with Crippen LogP contribution in [0.2, 0.25) is 0 Å². The van der Waals surface area contributed by atoms with E-state index >= 15 is 0 Å². The first kappa shape index (κ1) is 11.7. The zero-order valence-corrected chi connectivity index (χ0v) is 8.81. The molecule has 0 bridgehead atoms. The van der Waals surface area contributed by atoms with Crippen molar-refractivity contribution in [1.82, 2.24) is 4.57 Å². The Balaban J connectivity index is 2.57. The molecule has 2 N–H and O–H groups in total. The van der Waals surface area contributed by atoms with E-state index in [1.165, 1.54) is 7.11 Å². The number of ether oxygens (including phenoxy) is 2. The molecule has 1 rings (SSSR count). The minimum absolute atomic E-state index is 0.142. The number of hydrogen-bond acceptors (Lipinski definition) is 4. The molecule has 0 radical (unpaired) electrons. The highest BCUT2D eigenvalue weighted by atomic mass is 16.5. The predicted octanol–water partition coefficient (Wildman–Crippen LogP) is -0.168. The van der Waals surface area contributed by atoms with Gasteiger partial charge in [-0.1, -0.05) is 0 Å². The van der Waals surface area contributed by atoms with E-state index in [0.29, 0.717) is 32.1 Å². The number of hydrogen-bond donors (Lipinski definition) is 1. The van der Waals surface area contributed by atoms with Crippen molar-refractivity contribution in [3.05, 3.63) is 28.7 Å². The van der Waals surface area contributed by atoms with Gasteiger partial charge in [0.05, 0.1) is 20.3 Å². The normalized spacial score (nSPS) is 10.3. The second-order valence-electron chi connectivity index (χ2n) is 2.98. The number of methoxy groups -OCH3 is 1. The lowest BCUT2D eigenvalue weighted by molar-refractivity contribution is 0.132. The SMILES string of the molecule is COc1cccn(CCOCCN)c1=O. The number of nitrogens with zero attached hydrogens (tertiary/aromatic N) is 1. The molecule has 1 heterocycles. The molecule has 1 aromatic rings. The quantitative estimate of drug-likeness (QED) is 0.665. The molecule has 0 aliphatic heterocycles. The summed E-state index contributed by atoms with van der Waals surface area (Å²) in [5.74, 6) is 0.344. The van der Waals surface area contributed by atoms with Crippen LogP contribution in [0.5, 0.6) is 5.75 Å². The fraction of sp³-hybridized carbons (Fsp3) is 0.500. The Bertz CT molecular complexity index is 349. The molecule has 0 aliphatic rings. The summed E-state index contributed by atoms with van der Waals surface area (Å²) in [5.41, 5.74) is 5.13. The molecular formula is C10H16N2O3. The van der Waals surface area contributed by atoms with Crippen molar-refractivity contribution < 1.29 is 9.47 Å². The summed E-state index contributed by atoms with van der Waals surface area (Å²) >= 11 is 0. The molecule has 0 atom stereocenters. The summed E-state index contributed by atoms with van der Waals surface area (Å²) in [6.45, 7) is 1.99. The van der Waals surface area contributed by atoms with E-state index in [1.54, 1.807) is 22.9 Å². The highest BCUT2D eigenvalue weighted by Gasteiger charge is 2.01. The summed E-state index contributed by atoms with van der Waals surface area (Å²) in [7, 11) is 1.48. The van der Waals surface area contributed by atoms with Crippen LogP contribution in [-0.4, -0.2) is 31.4 Å². The van der Waals surface area contributed by atoms with Crippen LogP contribution in [0.1, 0.15) is 0 Å². The van der Waals surface area contributed by atoms with Gasteiger partial charge >= 0.3 is 0 Å². The smallest absolute Gasteiger partial charge is 0.292 e. The number of rotatable bonds is 6. The first-order valence-corrected chi connectivity index (χ1v) is 4.81. The average molecular weight is 212 g/mol. The van der Waals surface area contributed by atoms with Crippen LogP contribution in [-0.2, 0) is 11.3 Å². The maximum Gasteiger partial charge on any atom is 0.292 e. The highest BCUT2D eigenvalue weighted by Crippen LogP contribution is 1.99. The third-order valence-electron chi connectivity index (χ3n) is 1.94. The van der Waals surface area contributed by atoms with Crippen molar-refractivity contribution >= 4 is 0 Å². The zero-order chi connectivity index (χ0) is 11.1. The molecule has 0 fully saturated rings. The van der Waals surface area contributed by atoms with E-state index in [2.05, 4.69) is 0 Å². The second kappa shape index (κ2) is 6.21. The Hall–Kier alpha value is -1.33. The molecule has 1 aromatic heterocycles. The summed E-state index contributed by atoms with van der Waals surface area (Å²) in [4.78, 5) is 11.6. The number of nitrogens with two attached hydrogens (primary N) is 1. The van der Waals surface area contributed by atoms with E-state index in [4.69, 9.17) is 15.2 Å². The standard InChI is InChI=1S/C10H16N2O3/c1-14-9-3-2-5-12(10(9)13)6-8-15-7-4-11/h2-3,5H,4,6-8,11H2,1H3. The molecule has 0 aliphatic carbocycles. The van der Waals surface area contributed by atoms with Gasteiger partial charge in [0.25, 0.3) is 5.56 Å². The van der Waals surface area contributed by atoms with Crippen molar-refractivity contribution in [2.75, 3.05) is 26.9 Å². The van der Waals surface area contributed by atoms with Gasteiger partial charge in [-0.2, -0.15) is 0 Å². The average Bonchev–Trinajstić information content (AvgIpc) is 2.26. The van der Waals surface area contributed by atoms with Crippen LogP contribution >= 0.6 is 0 Å². The van der Waals surface area contributed by atoms with Gasteiger partial charge in [-0.3, -0.25) is 4.79 Å². The van der Waals surface area contributed by atoms with E-state index in [1.807, 2.05) is 0 Å². The zero-order valence-electron chi connectivity index (χ0n) is 8.81. The third-order valence-corrected chi connectivity index (χ3v) is 1.94. The molecular weight excluding hydrogens is 196 g/mol. The molecule has 0 spiro atoms. The number of pyridine rings is 1. The van der Waals surface area contributed by atoms with Gasteiger partial charge in [0, 0.05) is 19.3 Å². The Morgan fingerprint density at radius 1 is 1.47 bits per heavy atom. The molecule has 0 unspecified atom stereocenters.